The SMILES string of the molecule is C/C=C/c1ccc(N(c2ncccn2)C(C)C)cc1. The highest BCUT2D eigenvalue weighted by Crippen LogP contribution is 2.24. The maximum Gasteiger partial charge on any atom is 0.230 e. The van der Waals surface area contributed by atoms with Gasteiger partial charge < -0.3 is 4.90 Å². The number of allylic oxidation sites excluding steroid dienone is 1. The van der Waals surface area contributed by atoms with E-state index in [1.165, 1.54) is 5.56 Å². The zero-order valence-electron chi connectivity index (χ0n) is 11.6. The molecule has 2 aromatic rings. The molecular formula is C16H19N3. The number of nitrogens with zero attached hydrogens (tertiary/aromatic N) is 3. The van der Waals surface area contributed by atoms with Crippen LogP contribution in [-0.4, -0.2) is 16.0 Å². The van der Waals surface area contributed by atoms with Crippen molar-refractivity contribution in [3.05, 3.63) is 54.4 Å². The lowest BCUT2D eigenvalue weighted by atomic mass is 10.1. The fourth-order valence-electron chi connectivity index (χ4n) is 2.00. The maximum atomic E-state index is 4.34. The van der Waals surface area contributed by atoms with Crippen LogP contribution in [0.15, 0.2) is 48.8 Å². The van der Waals surface area contributed by atoms with Crippen molar-refractivity contribution in [1.29, 1.82) is 0 Å². The van der Waals surface area contributed by atoms with Gasteiger partial charge in [0.05, 0.1) is 0 Å². The highest BCUT2D eigenvalue weighted by Gasteiger charge is 2.14. The standard InChI is InChI=1S/C16H19N3/c1-4-6-14-7-9-15(10-8-14)19(13(2)3)16-17-11-5-12-18-16/h4-13H,1-3H3/b6-4+. The van der Waals surface area contributed by atoms with E-state index in [0.717, 1.165) is 11.6 Å². The molecule has 1 aromatic carbocycles. The molecule has 0 aliphatic rings. The minimum absolute atomic E-state index is 0.301. The quantitative estimate of drug-likeness (QED) is 0.823. The predicted octanol–water partition coefficient (Wildman–Crippen LogP) is 4.06. The lowest BCUT2D eigenvalue weighted by Crippen LogP contribution is -2.27. The van der Waals surface area contributed by atoms with Gasteiger partial charge in [0.15, 0.2) is 0 Å². The molecule has 1 aromatic heterocycles. The van der Waals surface area contributed by atoms with Crippen molar-refractivity contribution in [2.24, 2.45) is 0 Å². The molecule has 19 heavy (non-hydrogen) atoms. The second-order valence-corrected chi connectivity index (χ2v) is 4.60. The lowest BCUT2D eigenvalue weighted by molar-refractivity contribution is 0.762. The van der Waals surface area contributed by atoms with Crippen molar-refractivity contribution in [2.45, 2.75) is 26.8 Å². The van der Waals surface area contributed by atoms with Gasteiger partial charge in [-0.25, -0.2) is 9.97 Å². The summed E-state index contributed by atoms with van der Waals surface area (Å²) in [5.74, 6) is 0.733. The molecule has 0 bridgehead atoms. The third-order valence-electron chi connectivity index (χ3n) is 2.81. The summed E-state index contributed by atoms with van der Waals surface area (Å²) >= 11 is 0. The van der Waals surface area contributed by atoms with Crippen LogP contribution in [-0.2, 0) is 0 Å². The molecule has 2 rings (SSSR count). The zero-order valence-corrected chi connectivity index (χ0v) is 11.6. The summed E-state index contributed by atoms with van der Waals surface area (Å²) in [4.78, 5) is 10.8. The molecule has 0 fully saturated rings. The summed E-state index contributed by atoms with van der Waals surface area (Å²) in [6.45, 7) is 6.29. The van der Waals surface area contributed by atoms with Crippen molar-refractivity contribution in [1.82, 2.24) is 9.97 Å². The Hall–Kier alpha value is -2.16. The fourth-order valence-corrected chi connectivity index (χ4v) is 2.00. The first-order chi connectivity index (χ1) is 9.22. The molecule has 0 spiro atoms. The van der Waals surface area contributed by atoms with Gasteiger partial charge in [0.2, 0.25) is 5.95 Å². The van der Waals surface area contributed by atoms with E-state index >= 15 is 0 Å². The van der Waals surface area contributed by atoms with Crippen molar-refractivity contribution in [3.63, 3.8) is 0 Å². The summed E-state index contributed by atoms with van der Waals surface area (Å²) in [7, 11) is 0. The molecule has 0 radical (unpaired) electrons. The third kappa shape index (κ3) is 3.19. The minimum Gasteiger partial charge on any atom is -0.308 e. The first kappa shape index (κ1) is 13.3. The number of rotatable bonds is 4. The number of anilines is 2. The van der Waals surface area contributed by atoms with Crippen LogP contribution < -0.4 is 4.90 Å². The van der Waals surface area contributed by atoms with Crippen molar-refractivity contribution < 1.29 is 0 Å². The van der Waals surface area contributed by atoms with E-state index < -0.39 is 0 Å². The van der Waals surface area contributed by atoms with E-state index in [1.54, 1.807) is 12.4 Å². The van der Waals surface area contributed by atoms with Gasteiger partial charge in [-0.2, -0.15) is 0 Å². The number of aromatic nitrogens is 2. The second kappa shape index (κ2) is 6.14. The Morgan fingerprint density at radius 1 is 1.05 bits per heavy atom. The summed E-state index contributed by atoms with van der Waals surface area (Å²) in [5, 5.41) is 0. The van der Waals surface area contributed by atoms with Gasteiger partial charge in [0.1, 0.15) is 0 Å². The van der Waals surface area contributed by atoms with Gasteiger partial charge >= 0.3 is 0 Å². The van der Waals surface area contributed by atoms with E-state index in [1.807, 2.05) is 19.1 Å². The fraction of sp³-hybridized carbons (Fsp3) is 0.250. The average molecular weight is 253 g/mol. The molecule has 0 saturated carbocycles. The van der Waals surface area contributed by atoms with Crippen LogP contribution in [0.1, 0.15) is 26.3 Å². The van der Waals surface area contributed by atoms with Gasteiger partial charge in [0, 0.05) is 24.1 Å². The van der Waals surface area contributed by atoms with E-state index in [4.69, 9.17) is 0 Å². The summed E-state index contributed by atoms with van der Waals surface area (Å²) in [6.07, 6.45) is 7.66. The van der Waals surface area contributed by atoms with Gasteiger partial charge in [-0.05, 0) is 44.5 Å². The zero-order chi connectivity index (χ0) is 13.7. The molecule has 3 heteroatoms. The smallest absolute Gasteiger partial charge is 0.230 e. The molecule has 3 nitrogen and oxygen atoms in total. The number of hydrogen-bond donors (Lipinski definition) is 0. The van der Waals surface area contributed by atoms with Crippen molar-refractivity contribution in [2.75, 3.05) is 4.90 Å². The molecule has 0 aliphatic heterocycles. The Kier molecular flexibility index (Phi) is 4.29. The molecular weight excluding hydrogens is 234 g/mol. The van der Waals surface area contributed by atoms with Crippen LogP contribution in [0.3, 0.4) is 0 Å². The number of hydrogen-bond acceptors (Lipinski definition) is 3. The van der Waals surface area contributed by atoms with E-state index in [-0.39, 0.29) is 0 Å². The monoisotopic (exact) mass is 253 g/mol. The van der Waals surface area contributed by atoms with Gasteiger partial charge in [-0.15, -0.1) is 0 Å². The van der Waals surface area contributed by atoms with Crippen LogP contribution >= 0.6 is 0 Å². The van der Waals surface area contributed by atoms with E-state index in [9.17, 15) is 0 Å². The number of benzene rings is 1. The molecule has 1 heterocycles. The highest BCUT2D eigenvalue weighted by atomic mass is 15.3. The third-order valence-corrected chi connectivity index (χ3v) is 2.81. The van der Waals surface area contributed by atoms with Gasteiger partial charge in [0.25, 0.3) is 0 Å². The normalized spacial score (nSPS) is 11.2. The molecule has 0 N–H and O–H groups in total. The highest BCUT2D eigenvalue weighted by molar-refractivity contribution is 5.61. The van der Waals surface area contributed by atoms with Gasteiger partial charge in [-0.3, -0.25) is 0 Å². The largest absolute Gasteiger partial charge is 0.308 e. The van der Waals surface area contributed by atoms with Crippen LogP contribution in [0.4, 0.5) is 11.6 Å². The summed E-state index contributed by atoms with van der Waals surface area (Å²) in [5.41, 5.74) is 2.30. The average Bonchev–Trinajstić information content (AvgIpc) is 2.42. The summed E-state index contributed by atoms with van der Waals surface area (Å²) in [6, 6.07) is 10.5. The molecule has 0 saturated heterocycles. The van der Waals surface area contributed by atoms with Crippen molar-refractivity contribution >= 4 is 17.7 Å². The molecule has 0 atom stereocenters. The minimum atomic E-state index is 0.301. The van der Waals surface area contributed by atoms with E-state index in [0.29, 0.717) is 6.04 Å². The first-order valence-electron chi connectivity index (χ1n) is 6.51. The summed E-state index contributed by atoms with van der Waals surface area (Å²) < 4.78 is 0. The molecule has 0 unspecified atom stereocenters. The second-order valence-electron chi connectivity index (χ2n) is 4.60. The first-order valence-corrected chi connectivity index (χ1v) is 6.51. The maximum absolute atomic E-state index is 4.34. The Morgan fingerprint density at radius 2 is 1.68 bits per heavy atom. The molecule has 0 aliphatic carbocycles. The van der Waals surface area contributed by atoms with Crippen LogP contribution in [0.2, 0.25) is 0 Å². The Morgan fingerprint density at radius 3 is 2.21 bits per heavy atom. The van der Waals surface area contributed by atoms with Crippen LogP contribution in [0, 0.1) is 0 Å². The predicted molar refractivity (Wildman–Crippen MR) is 80.5 cm³/mol. The van der Waals surface area contributed by atoms with E-state index in [2.05, 4.69) is 59.1 Å². The Bertz CT molecular complexity index is 530. The molecule has 0 amide bonds. The lowest BCUT2D eigenvalue weighted by Gasteiger charge is -2.26. The van der Waals surface area contributed by atoms with Crippen LogP contribution in [0.25, 0.3) is 6.08 Å². The van der Waals surface area contributed by atoms with Crippen molar-refractivity contribution in [3.8, 4) is 0 Å². The van der Waals surface area contributed by atoms with Crippen LogP contribution in [0.5, 0.6) is 0 Å². The van der Waals surface area contributed by atoms with Gasteiger partial charge in [-0.1, -0.05) is 24.3 Å². The topological polar surface area (TPSA) is 29.0 Å². The Labute approximate surface area is 114 Å². The molecule has 98 valence electrons. The Balaban J connectivity index is 2.35.